The molecule has 1 saturated carbocycles. The molecule has 0 aliphatic heterocycles. The summed E-state index contributed by atoms with van der Waals surface area (Å²) in [6.45, 7) is 5.51. The van der Waals surface area contributed by atoms with E-state index in [1.54, 1.807) is 0 Å². The minimum atomic E-state index is -0.0178. The van der Waals surface area contributed by atoms with Crippen LogP contribution in [0.15, 0.2) is 24.3 Å². The first-order valence-corrected chi connectivity index (χ1v) is 7.14. The number of hydrogen-bond acceptors (Lipinski definition) is 3. The molecule has 1 aromatic rings. The molecule has 104 valence electrons. The van der Waals surface area contributed by atoms with Crippen LogP contribution < -0.4 is 5.32 Å². The quantitative estimate of drug-likeness (QED) is 0.767. The van der Waals surface area contributed by atoms with Gasteiger partial charge in [0.05, 0.1) is 5.92 Å². The number of nitrogens with one attached hydrogen (secondary N) is 1. The van der Waals surface area contributed by atoms with Gasteiger partial charge in [-0.1, -0.05) is 36.8 Å². The molecule has 0 spiro atoms. The molecule has 3 nitrogen and oxygen atoms in total. The molecule has 0 aromatic heterocycles. The van der Waals surface area contributed by atoms with E-state index in [0.29, 0.717) is 6.61 Å². The van der Waals surface area contributed by atoms with Crippen LogP contribution in [0.2, 0.25) is 0 Å². The summed E-state index contributed by atoms with van der Waals surface area (Å²) in [5, 5.41) is 3.45. The Kier molecular flexibility index (Phi) is 4.97. The molecule has 0 heterocycles. The monoisotopic (exact) mass is 261 g/mol. The van der Waals surface area contributed by atoms with Gasteiger partial charge in [0.15, 0.2) is 0 Å². The molecule has 2 rings (SSSR count). The molecule has 1 aliphatic carbocycles. The van der Waals surface area contributed by atoms with Crippen LogP contribution in [0.4, 0.5) is 0 Å². The van der Waals surface area contributed by atoms with Crippen molar-refractivity contribution < 1.29 is 9.53 Å². The summed E-state index contributed by atoms with van der Waals surface area (Å²) in [7, 11) is 0. The van der Waals surface area contributed by atoms with Gasteiger partial charge in [0.25, 0.3) is 0 Å². The molecule has 0 saturated heterocycles. The van der Waals surface area contributed by atoms with Gasteiger partial charge in [0.1, 0.15) is 6.61 Å². The maximum atomic E-state index is 11.5. The maximum absolute atomic E-state index is 11.5. The normalized spacial score (nSPS) is 16.1. The van der Waals surface area contributed by atoms with Gasteiger partial charge in [-0.05, 0) is 31.7 Å². The standard InChI is InChI=1S/C16H23NO2/c1-3-15(11-19-16(18)14-7-8-14)17-10-13-6-4-5-12(2)9-13/h4-6,9,14-15,17H,3,7-8,10-11H2,1-2H3. The largest absolute Gasteiger partial charge is 0.464 e. The predicted octanol–water partition coefficient (Wildman–Crippen LogP) is 2.82. The minimum absolute atomic E-state index is 0.0178. The van der Waals surface area contributed by atoms with Crippen LogP contribution in [-0.4, -0.2) is 18.6 Å². The van der Waals surface area contributed by atoms with E-state index in [4.69, 9.17) is 4.74 Å². The van der Waals surface area contributed by atoms with E-state index in [1.165, 1.54) is 11.1 Å². The minimum Gasteiger partial charge on any atom is -0.464 e. The van der Waals surface area contributed by atoms with Gasteiger partial charge in [0, 0.05) is 12.6 Å². The van der Waals surface area contributed by atoms with Crippen molar-refractivity contribution in [3.8, 4) is 0 Å². The fraction of sp³-hybridized carbons (Fsp3) is 0.562. The third-order valence-electron chi connectivity index (χ3n) is 3.51. The lowest BCUT2D eigenvalue weighted by molar-refractivity contribution is -0.145. The zero-order chi connectivity index (χ0) is 13.7. The zero-order valence-electron chi connectivity index (χ0n) is 11.8. The van der Waals surface area contributed by atoms with Gasteiger partial charge in [-0.25, -0.2) is 0 Å². The van der Waals surface area contributed by atoms with Crippen LogP contribution in [0.3, 0.4) is 0 Å². The third kappa shape index (κ3) is 4.67. The lowest BCUT2D eigenvalue weighted by Gasteiger charge is -2.17. The molecule has 1 aromatic carbocycles. The van der Waals surface area contributed by atoms with Crippen molar-refractivity contribution >= 4 is 5.97 Å². The summed E-state index contributed by atoms with van der Waals surface area (Å²) in [5.41, 5.74) is 2.54. The van der Waals surface area contributed by atoms with Crippen LogP contribution in [0.5, 0.6) is 0 Å². The third-order valence-corrected chi connectivity index (χ3v) is 3.51. The Bertz CT molecular complexity index is 427. The van der Waals surface area contributed by atoms with Crippen LogP contribution in [-0.2, 0) is 16.1 Å². The number of carbonyl (C=O) groups is 1. The summed E-state index contributed by atoms with van der Waals surface area (Å²) >= 11 is 0. The number of carbonyl (C=O) groups excluding carboxylic acids is 1. The Labute approximate surface area is 115 Å². The van der Waals surface area contributed by atoms with E-state index >= 15 is 0 Å². The van der Waals surface area contributed by atoms with Crippen molar-refractivity contribution in [1.29, 1.82) is 0 Å². The second-order valence-corrected chi connectivity index (χ2v) is 5.38. The van der Waals surface area contributed by atoms with Crippen LogP contribution >= 0.6 is 0 Å². The maximum Gasteiger partial charge on any atom is 0.308 e. The number of aryl methyl sites for hydroxylation is 1. The first kappa shape index (κ1) is 14.1. The number of hydrogen-bond donors (Lipinski definition) is 1. The Balaban J connectivity index is 1.73. The molecule has 3 heteroatoms. The van der Waals surface area contributed by atoms with E-state index in [1.807, 2.05) is 0 Å². The molecule has 1 fully saturated rings. The first-order chi connectivity index (χ1) is 9.19. The number of ether oxygens (including phenoxy) is 1. The highest BCUT2D eigenvalue weighted by molar-refractivity contribution is 5.74. The van der Waals surface area contributed by atoms with E-state index in [0.717, 1.165) is 25.8 Å². The van der Waals surface area contributed by atoms with Crippen molar-refractivity contribution in [3.05, 3.63) is 35.4 Å². The van der Waals surface area contributed by atoms with Gasteiger partial charge in [-0.15, -0.1) is 0 Å². The molecule has 1 atom stereocenters. The number of rotatable bonds is 7. The van der Waals surface area contributed by atoms with E-state index < -0.39 is 0 Å². The molecule has 19 heavy (non-hydrogen) atoms. The highest BCUT2D eigenvalue weighted by atomic mass is 16.5. The zero-order valence-corrected chi connectivity index (χ0v) is 11.8. The van der Waals surface area contributed by atoms with Gasteiger partial charge in [0.2, 0.25) is 0 Å². The molecule has 0 bridgehead atoms. The lowest BCUT2D eigenvalue weighted by atomic mass is 10.1. The van der Waals surface area contributed by atoms with Crippen molar-refractivity contribution in [2.45, 2.75) is 45.7 Å². The lowest BCUT2D eigenvalue weighted by Crippen LogP contribution is -2.33. The summed E-state index contributed by atoms with van der Waals surface area (Å²) in [5.74, 6) is 0.171. The van der Waals surface area contributed by atoms with Crippen LogP contribution in [0.1, 0.15) is 37.3 Å². The Morgan fingerprint density at radius 3 is 2.89 bits per heavy atom. The average Bonchev–Trinajstić information content (AvgIpc) is 3.23. The number of benzene rings is 1. The smallest absolute Gasteiger partial charge is 0.308 e. The first-order valence-electron chi connectivity index (χ1n) is 7.14. The molecular formula is C16H23NO2. The van der Waals surface area contributed by atoms with E-state index in [2.05, 4.69) is 43.4 Å². The molecule has 1 aliphatic rings. The van der Waals surface area contributed by atoms with Crippen LogP contribution in [0, 0.1) is 12.8 Å². The van der Waals surface area contributed by atoms with Gasteiger partial charge < -0.3 is 10.1 Å². The highest BCUT2D eigenvalue weighted by Crippen LogP contribution is 2.30. The van der Waals surface area contributed by atoms with E-state index in [-0.39, 0.29) is 17.9 Å². The fourth-order valence-electron chi connectivity index (χ4n) is 2.03. The Morgan fingerprint density at radius 1 is 1.47 bits per heavy atom. The molecule has 0 radical (unpaired) electrons. The Hall–Kier alpha value is -1.35. The van der Waals surface area contributed by atoms with Gasteiger partial charge in [-0.2, -0.15) is 0 Å². The summed E-state index contributed by atoms with van der Waals surface area (Å²) in [6, 6.07) is 8.69. The van der Waals surface area contributed by atoms with Gasteiger partial charge >= 0.3 is 5.97 Å². The fourth-order valence-corrected chi connectivity index (χ4v) is 2.03. The van der Waals surface area contributed by atoms with Crippen LogP contribution in [0.25, 0.3) is 0 Å². The molecule has 0 amide bonds. The molecule has 1 unspecified atom stereocenters. The van der Waals surface area contributed by atoms with E-state index in [9.17, 15) is 4.79 Å². The topological polar surface area (TPSA) is 38.3 Å². The predicted molar refractivity (Wildman–Crippen MR) is 75.8 cm³/mol. The Morgan fingerprint density at radius 2 is 2.26 bits per heavy atom. The second-order valence-electron chi connectivity index (χ2n) is 5.38. The summed E-state index contributed by atoms with van der Waals surface area (Å²) < 4.78 is 5.33. The van der Waals surface area contributed by atoms with Gasteiger partial charge in [-0.3, -0.25) is 4.79 Å². The summed E-state index contributed by atoms with van der Waals surface area (Å²) in [4.78, 5) is 11.5. The van der Waals surface area contributed by atoms with Crippen molar-refractivity contribution in [2.24, 2.45) is 5.92 Å². The highest BCUT2D eigenvalue weighted by Gasteiger charge is 2.31. The van der Waals surface area contributed by atoms with Crippen molar-refractivity contribution in [1.82, 2.24) is 5.32 Å². The van der Waals surface area contributed by atoms with Crippen molar-refractivity contribution in [3.63, 3.8) is 0 Å². The second kappa shape index (κ2) is 6.71. The molecular weight excluding hydrogens is 238 g/mol. The average molecular weight is 261 g/mol. The van der Waals surface area contributed by atoms with Crippen molar-refractivity contribution in [2.75, 3.05) is 6.61 Å². The summed E-state index contributed by atoms with van der Waals surface area (Å²) in [6.07, 6.45) is 2.97. The number of esters is 1. The molecule has 1 N–H and O–H groups in total. The SMILES string of the molecule is CCC(COC(=O)C1CC1)NCc1cccc(C)c1.